The van der Waals surface area contributed by atoms with Crippen LogP contribution >= 0.6 is 0 Å². The van der Waals surface area contributed by atoms with Crippen LogP contribution in [0.1, 0.15) is 31.3 Å². The summed E-state index contributed by atoms with van der Waals surface area (Å²) in [5.41, 5.74) is 6.46. The molecule has 0 aliphatic carbocycles. The number of hydrogen-bond acceptors (Lipinski definition) is 3. The van der Waals surface area contributed by atoms with E-state index < -0.39 is 0 Å². The second-order valence-electron chi connectivity index (χ2n) is 4.41. The lowest BCUT2D eigenvalue weighted by molar-refractivity contribution is 0.0940. The number of anilines is 1. The predicted octanol–water partition coefficient (Wildman–Crippen LogP) is 1.69. The van der Waals surface area contributed by atoms with E-state index in [1.807, 2.05) is 0 Å². The van der Waals surface area contributed by atoms with Gasteiger partial charge in [-0.25, -0.2) is 4.98 Å². The minimum atomic E-state index is -0.146. The van der Waals surface area contributed by atoms with Gasteiger partial charge in [0.2, 0.25) is 0 Å². The zero-order valence-electron chi connectivity index (χ0n) is 10.0. The van der Waals surface area contributed by atoms with E-state index in [1.54, 1.807) is 12.1 Å². The highest BCUT2D eigenvalue weighted by atomic mass is 16.1. The molecule has 1 heterocycles. The molecule has 0 fully saturated rings. The lowest BCUT2D eigenvalue weighted by Crippen LogP contribution is -2.30. The average molecular weight is 221 g/mol. The highest BCUT2D eigenvalue weighted by molar-refractivity contribution is 5.92. The van der Waals surface area contributed by atoms with Gasteiger partial charge < -0.3 is 11.1 Å². The third-order valence-corrected chi connectivity index (χ3v) is 2.74. The van der Waals surface area contributed by atoms with Crippen LogP contribution in [0.4, 0.5) is 5.69 Å². The smallest absolute Gasteiger partial charge is 0.269 e. The molecule has 16 heavy (non-hydrogen) atoms. The molecule has 1 atom stereocenters. The van der Waals surface area contributed by atoms with Crippen LogP contribution in [0.15, 0.2) is 18.3 Å². The highest BCUT2D eigenvalue weighted by Crippen LogP contribution is 2.08. The quantitative estimate of drug-likeness (QED) is 0.813. The van der Waals surface area contributed by atoms with Gasteiger partial charge in [-0.2, -0.15) is 0 Å². The van der Waals surface area contributed by atoms with E-state index in [0.717, 1.165) is 0 Å². The molecule has 1 unspecified atom stereocenters. The van der Waals surface area contributed by atoms with Gasteiger partial charge in [-0.1, -0.05) is 20.8 Å². The van der Waals surface area contributed by atoms with Crippen LogP contribution in [0.3, 0.4) is 0 Å². The standard InChI is InChI=1S/C12H19N3O/c1-8(2)9(3)6-15-12(16)11-5-4-10(13)7-14-11/h4-5,7-9H,6,13H2,1-3H3,(H,15,16). The first-order valence-electron chi connectivity index (χ1n) is 5.50. The zero-order chi connectivity index (χ0) is 12.1. The molecular formula is C12H19N3O. The Balaban J connectivity index is 2.50. The molecule has 1 aromatic heterocycles. The van der Waals surface area contributed by atoms with E-state index in [4.69, 9.17) is 5.73 Å². The number of nitrogen functional groups attached to an aromatic ring is 1. The average Bonchev–Trinajstić information content (AvgIpc) is 2.26. The van der Waals surface area contributed by atoms with Gasteiger partial charge in [-0.3, -0.25) is 4.79 Å². The van der Waals surface area contributed by atoms with Crippen molar-refractivity contribution >= 4 is 11.6 Å². The van der Waals surface area contributed by atoms with Crippen LogP contribution in [-0.4, -0.2) is 17.4 Å². The van der Waals surface area contributed by atoms with E-state index in [1.165, 1.54) is 6.20 Å². The fourth-order valence-corrected chi connectivity index (χ4v) is 1.12. The summed E-state index contributed by atoms with van der Waals surface area (Å²) in [6.45, 7) is 7.06. The highest BCUT2D eigenvalue weighted by Gasteiger charge is 2.10. The van der Waals surface area contributed by atoms with E-state index in [0.29, 0.717) is 29.8 Å². The molecule has 0 radical (unpaired) electrons. The molecule has 0 saturated heterocycles. The molecule has 1 aromatic rings. The minimum Gasteiger partial charge on any atom is -0.397 e. The van der Waals surface area contributed by atoms with Crippen LogP contribution in [0, 0.1) is 11.8 Å². The number of amides is 1. The number of pyridine rings is 1. The van der Waals surface area contributed by atoms with Crippen LogP contribution in [0.25, 0.3) is 0 Å². The summed E-state index contributed by atoms with van der Waals surface area (Å²) in [6.07, 6.45) is 1.49. The lowest BCUT2D eigenvalue weighted by Gasteiger charge is -2.15. The summed E-state index contributed by atoms with van der Waals surface area (Å²) in [7, 11) is 0. The maximum absolute atomic E-state index is 11.7. The van der Waals surface area contributed by atoms with E-state index in [9.17, 15) is 4.79 Å². The first-order valence-corrected chi connectivity index (χ1v) is 5.50. The monoisotopic (exact) mass is 221 g/mol. The summed E-state index contributed by atoms with van der Waals surface area (Å²) in [6, 6.07) is 3.30. The second kappa shape index (κ2) is 5.49. The maximum Gasteiger partial charge on any atom is 0.269 e. The van der Waals surface area contributed by atoms with Crippen molar-refractivity contribution in [2.45, 2.75) is 20.8 Å². The maximum atomic E-state index is 11.7. The Morgan fingerprint density at radius 1 is 1.44 bits per heavy atom. The zero-order valence-corrected chi connectivity index (χ0v) is 10.0. The number of hydrogen-bond donors (Lipinski definition) is 2. The first-order chi connectivity index (χ1) is 7.50. The third-order valence-electron chi connectivity index (χ3n) is 2.74. The summed E-state index contributed by atoms with van der Waals surface area (Å²) >= 11 is 0. The van der Waals surface area contributed by atoms with Gasteiger partial charge in [0, 0.05) is 6.54 Å². The fourth-order valence-electron chi connectivity index (χ4n) is 1.12. The van der Waals surface area contributed by atoms with Gasteiger partial charge >= 0.3 is 0 Å². The van der Waals surface area contributed by atoms with Crippen molar-refractivity contribution in [3.05, 3.63) is 24.0 Å². The number of carbonyl (C=O) groups excluding carboxylic acids is 1. The fraction of sp³-hybridized carbons (Fsp3) is 0.500. The molecular weight excluding hydrogens is 202 g/mol. The molecule has 0 aromatic carbocycles. The number of carbonyl (C=O) groups is 1. The van der Waals surface area contributed by atoms with Gasteiger partial charge in [-0.05, 0) is 24.0 Å². The van der Waals surface area contributed by atoms with Crippen molar-refractivity contribution in [1.29, 1.82) is 0 Å². The van der Waals surface area contributed by atoms with Gasteiger partial charge in [0.15, 0.2) is 0 Å². The Bertz CT molecular complexity index is 346. The molecule has 3 N–H and O–H groups in total. The Hall–Kier alpha value is -1.58. The van der Waals surface area contributed by atoms with Gasteiger partial charge in [0.1, 0.15) is 5.69 Å². The van der Waals surface area contributed by atoms with Crippen molar-refractivity contribution in [3.63, 3.8) is 0 Å². The summed E-state index contributed by atoms with van der Waals surface area (Å²) in [5, 5.41) is 2.86. The number of nitrogens with one attached hydrogen (secondary N) is 1. The molecule has 4 nitrogen and oxygen atoms in total. The van der Waals surface area contributed by atoms with Crippen molar-refractivity contribution < 1.29 is 4.79 Å². The van der Waals surface area contributed by atoms with Gasteiger partial charge in [-0.15, -0.1) is 0 Å². The molecule has 1 rings (SSSR count). The van der Waals surface area contributed by atoms with Crippen LogP contribution in [-0.2, 0) is 0 Å². The van der Waals surface area contributed by atoms with Gasteiger partial charge in [0.05, 0.1) is 11.9 Å². The number of nitrogens with two attached hydrogens (primary N) is 1. The molecule has 0 saturated carbocycles. The molecule has 1 amide bonds. The molecule has 88 valence electrons. The summed E-state index contributed by atoms with van der Waals surface area (Å²) in [4.78, 5) is 15.6. The summed E-state index contributed by atoms with van der Waals surface area (Å²) in [5.74, 6) is 0.866. The Morgan fingerprint density at radius 2 is 2.12 bits per heavy atom. The molecule has 0 aliphatic rings. The van der Waals surface area contributed by atoms with Crippen molar-refractivity contribution in [1.82, 2.24) is 10.3 Å². The Kier molecular flexibility index (Phi) is 4.28. The molecule has 0 spiro atoms. The predicted molar refractivity (Wildman–Crippen MR) is 65.0 cm³/mol. The molecule has 4 heteroatoms. The number of rotatable bonds is 4. The lowest BCUT2D eigenvalue weighted by atomic mass is 9.98. The van der Waals surface area contributed by atoms with Crippen molar-refractivity contribution in [2.75, 3.05) is 12.3 Å². The first kappa shape index (κ1) is 12.5. The Morgan fingerprint density at radius 3 is 2.62 bits per heavy atom. The topological polar surface area (TPSA) is 68.0 Å². The SMILES string of the molecule is CC(C)C(C)CNC(=O)c1ccc(N)cn1. The molecule has 0 bridgehead atoms. The van der Waals surface area contributed by atoms with Crippen LogP contribution in [0.5, 0.6) is 0 Å². The normalized spacial score (nSPS) is 12.5. The third kappa shape index (κ3) is 3.53. The Labute approximate surface area is 96.3 Å². The number of aromatic nitrogens is 1. The van der Waals surface area contributed by atoms with E-state index in [-0.39, 0.29) is 5.91 Å². The van der Waals surface area contributed by atoms with Crippen LogP contribution < -0.4 is 11.1 Å². The minimum absolute atomic E-state index is 0.146. The number of nitrogens with zero attached hydrogens (tertiary/aromatic N) is 1. The van der Waals surface area contributed by atoms with Crippen molar-refractivity contribution in [3.8, 4) is 0 Å². The van der Waals surface area contributed by atoms with Crippen molar-refractivity contribution in [2.24, 2.45) is 11.8 Å². The molecule has 0 aliphatic heterocycles. The van der Waals surface area contributed by atoms with Crippen LogP contribution in [0.2, 0.25) is 0 Å². The van der Waals surface area contributed by atoms with E-state index >= 15 is 0 Å². The largest absolute Gasteiger partial charge is 0.397 e. The van der Waals surface area contributed by atoms with Gasteiger partial charge in [0.25, 0.3) is 5.91 Å². The second-order valence-corrected chi connectivity index (χ2v) is 4.41. The van der Waals surface area contributed by atoms with E-state index in [2.05, 4.69) is 31.1 Å². The summed E-state index contributed by atoms with van der Waals surface area (Å²) < 4.78 is 0.